The second-order valence-corrected chi connectivity index (χ2v) is 7.33. The Labute approximate surface area is 133 Å². The van der Waals surface area contributed by atoms with E-state index in [9.17, 15) is 9.59 Å². The summed E-state index contributed by atoms with van der Waals surface area (Å²) in [6, 6.07) is 1.87. The maximum atomic E-state index is 12.5. The minimum absolute atomic E-state index is 0.00893. The van der Waals surface area contributed by atoms with Gasteiger partial charge in [-0.3, -0.25) is 9.59 Å². The van der Waals surface area contributed by atoms with Crippen LogP contribution in [-0.4, -0.2) is 42.5 Å². The number of hydrogen-bond acceptors (Lipinski definition) is 4. The van der Waals surface area contributed by atoms with Crippen molar-refractivity contribution >= 4 is 23.2 Å². The highest BCUT2D eigenvalue weighted by atomic mass is 32.1. The first-order valence-corrected chi connectivity index (χ1v) is 8.85. The molecule has 118 valence electrons. The number of piperidine rings is 1. The van der Waals surface area contributed by atoms with Gasteiger partial charge in [-0.15, -0.1) is 11.3 Å². The molecule has 1 atom stereocenters. The first-order valence-electron chi connectivity index (χ1n) is 7.97. The number of nitrogens with zero attached hydrogens (tertiary/aromatic N) is 1. The smallest absolute Gasteiger partial charge is 0.245 e. The summed E-state index contributed by atoms with van der Waals surface area (Å²) in [4.78, 5) is 27.1. The average Bonchev–Trinajstić information content (AvgIpc) is 3.17. The minimum atomic E-state index is -0.314. The van der Waals surface area contributed by atoms with Crippen LogP contribution in [0.2, 0.25) is 0 Å². The first kappa shape index (κ1) is 14.2. The molecule has 0 radical (unpaired) electrons. The maximum Gasteiger partial charge on any atom is 0.245 e. The Balaban J connectivity index is 1.45. The van der Waals surface area contributed by atoms with Gasteiger partial charge in [0.15, 0.2) is 0 Å². The van der Waals surface area contributed by atoms with Crippen molar-refractivity contribution in [3.63, 3.8) is 0 Å². The number of likely N-dealkylation sites (tertiary alicyclic amines) is 1. The fraction of sp³-hybridized carbons (Fsp3) is 0.625. The van der Waals surface area contributed by atoms with Crippen LogP contribution in [0, 0.1) is 0 Å². The second-order valence-electron chi connectivity index (χ2n) is 6.33. The van der Waals surface area contributed by atoms with Crippen LogP contribution in [0.3, 0.4) is 0 Å². The van der Waals surface area contributed by atoms with E-state index in [1.807, 2.05) is 16.2 Å². The van der Waals surface area contributed by atoms with Gasteiger partial charge >= 0.3 is 0 Å². The molecule has 3 aliphatic heterocycles. The van der Waals surface area contributed by atoms with Crippen LogP contribution in [-0.2, 0) is 26.3 Å². The highest BCUT2D eigenvalue weighted by Gasteiger charge is 2.43. The molecule has 2 amide bonds. The molecule has 4 rings (SSSR count). The van der Waals surface area contributed by atoms with E-state index in [2.05, 4.69) is 16.8 Å². The van der Waals surface area contributed by atoms with Crippen LogP contribution in [0.1, 0.15) is 36.1 Å². The van der Waals surface area contributed by atoms with E-state index in [1.165, 1.54) is 10.4 Å². The summed E-state index contributed by atoms with van der Waals surface area (Å²) in [7, 11) is 0. The van der Waals surface area contributed by atoms with Gasteiger partial charge in [-0.1, -0.05) is 0 Å². The Kier molecular flexibility index (Phi) is 3.46. The van der Waals surface area contributed by atoms with Crippen LogP contribution < -0.4 is 5.32 Å². The number of carbonyl (C=O) groups excluding carboxylic acids is 2. The summed E-state index contributed by atoms with van der Waals surface area (Å²) in [5, 5.41) is 4.92. The van der Waals surface area contributed by atoms with Gasteiger partial charge in [-0.25, -0.2) is 0 Å². The fourth-order valence-corrected chi connectivity index (χ4v) is 4.83. The van der Waals surface area contributed by atoms with Gasteiger partial charge in [0.2, 0.25) is 11.8 Å². The molecule has 1 aromatic rings. The number of rotatable bonds is 1. The van der Waals surface area contributed by atoms with Crippen molar-refractivity contribution in [2.45, 2.75) is 43.7 Å². The van der Waals surface area contributed by atoms with Crippen LogP contribution in [0.5, 0.6) is 0 Å². The monoisotopic (exact) mass is 320 g/mol. The Morgan fingerprint density at radius 2 is 2.18 bits per heavy atom. The van der Waals surface area contributed by atoms with Crippen molar-refractivity contribution in [1.29, 1.82) is 0 Å². The normalized spacial score (nSPS) is 26.8. The van der Waals surface area contributed by atoms with Gasteiger partial charge in [0.1, 0.15) is 6.04 Å². The molecule has 3 aliphatic rings. The maximum absolute atomic E-state index is 12.5. The number of ether oxygens (including phenoxy) is 1. The van der Waals surface area contributed by atoms with E-state index in [0.29, 0.717) is 25.9 Å². The van der Waals surface area contributed by atoms with E-state index in [4.69, 9.17) is 4.74 Å². The number of carbonyl (C=O) groups is 2. The number of thiophene rings is 1. The predicted octanol–water partition coefficient (Wildman–Crippen LogP) is 1.42. The van der Waals surface area contributed by atoms with E-state index in [-0.39, 0.29) is 23.5 Å². The molecule has 1 N–H and O–H groups in total. The summed E-state index contributed by atoms with van der Waals surface area (Å²) in [5.41, 5.74) is 1.15. The molecule has 0 aromatic carbocycles. The molecule has 4 heterocycles. The molecule has 5 nitrogen and oxygen atoms in total. The lowest BCUT2D eigenvalue weighted by molar-refractivity contribution is -0.143. The molecule has 6 heteroatoms. The highest BCUT2D eigenvalue weighted by molar-refractivity contribution is 7.10. The molecule has 1 unspecified atom stereocenters. The number of hydrogen-bond donors (Lipinski definition) is 1. The molecule has 1 spiro atoms. The third-order valence-corrected chi connectivity index (χ3v) is 6.10. The predicted molar refractivity (Wildman–Crippen MR) is 82.6 cm³/mol. The van der Waals surface area contributed by atoms with Crippen LogP contribution in [0.25, 0.3) is 0 Å². The summed E-state index contributed by atoms with van der Waals surface area (Å²) in [6.45, 7) is 2.20. The molecular weight excluding hydrogens is 300 g/mol. The van der Waals surface area contributed by atoms with Crippen LogP contribution >= 0.6 is 11.3 Å². The van der Waals surface area contributed by atoms with Crippen molar-refractivity contribution in [2.75, 3.05) is 19.7 Å². The zero-order valence-corrected chi connectivity index (χ0v) is 13.3. The molecule has 2 fully saturated rings. The minimum Gasteiger partial charge on any atom is -0.370 e. The van der Waals surface area contributed by atoms with E-state index in [0.717, 1.165) is 25.9 Å². The fourth-order valence-electron chi connectivity index (χ4n) is 3.88. The van der Waals surface area contributed by atoms with Gasteiger partial charge in [0.05, 0.1) is 12.2 Å². The Morgan fingerprint density at radius 3 is 2.91 bits per heavy atom. The number of nitrogens with one attached hydrogen (secondary N) is 1. The van der Waals surface area contributed by atoms with Gasteiger partial charge < -0.3 is 15.0 Å². The second kappa shape index (κ2) is 5.35. The van der Waals surface area contributed by atoms with E-state index >= 15 is 0 Å². The van der Waals surface area contributed by atoms with Crippen LogP contribution in [0.4, 0.5) is 0 Å². The van der Waals surface area contributed by atoms with Gasteiger partial charge in [-0.2, -0.15) is 0 Å². The van der Waals surface area contributed by atoms with E-state index in [1.54, 1.807) is 0 Å². The summed E-state index contributed by atoms with van der Waals surface area (Å²) in [6.07, 6.45) is 3.80. The molecule has 0 aliphatic carbocycles. The van der Waals surface area contributed by atoms with Gasteiger partial charge in [0.25, 0.3) is 0 Å². The van der Waals surface area contributed by atoms with Gasteiger partial charge in [-0.05, 0) is 36.3 Å². The molecule has 0 saturated carbocycles. The van der Waals surface area contributed by atoms with E-state index < -0.39 is 0 Å². The van der Waals surface area contributed by atoms with Crippen molar-refractivity contribution in [3.8, 4) is 0 Å². The summed E-state index contributed by atoms with van der Waals surface area (Å²) < 4.78 is 6.16. The van der Waals surface area contributed by atoms with Crippen molar-refractivity contribution in [2.24, 2.45) is 0 Å². The van der Waals surface area contributed by atoms with Crippen molar-refractivity contribution in [3.05, 3.63) is 21.9 Å². The lowest BCUT2D eigenvalue weighted by Gasteiger charge is -2.44. The lowest BCUT2D eigenvalue weighted by atomic mass is 9.82. The van der Waals surface area contributed by atoms with Gasteiger partial charge in [0, 0.05) is 30.8 Å². The zero-order valence-electron chi connectivity index (χ0n) is 12.5. The quantitative estimate of drug-likeness (QED) is 0.851. The largest absolute Gasteiger partial charge is 0.370 e. The number of fused-ring (bicyclic) bond motifs is 2. The van der Waals surface area contributed by atoms with Crippen molar-refractivity contribution in [1.82, 2.24) is 10.2 Å². The Hall–Kier alpha value is -1.40. The summed E-state index contributed by atoms with van der Waals surface area (Å²) >= 11 is 1.81. The zero-order chi connectivity index (χ0) is 15.2. The van der Waals surface area contributed by atoms with Crippen LogP contribution in [0.15, 0.2) is 11.4 Å². The third kappa shape index (κ3) is 2.25. The third-order valence-electron chi connectivity index (χ3n) is 5.12. The Bertz CT molecular complexity index is 604. The topological polar surface area (TPSA) is 58.6 Å². The molecule has 1 aromatic heterocycles. The molecule has 0 bridgehead atoms. The summed E-state index contributed by atoms with van der Waals surface area (Å²) in [5.74, 6) is 0.0624. The number of amides is 2. The molecule has 22 heavy (non-hydrogen) atoms. The molecule has 2 saturated heterocycles. The Morgan fingerprint density at radius 1 is 1.36 bits per heavy atom. The SMILES string of the molecule is O=C1CCC(C(=O)N2CCC3(CC2)OCCc2sccc23)N1. The standard InChI is InChI=1S/C16H20N2O3S/c19-14-2-1-12(17-14)15(20)18-7-5-16(6-8-18)11-4-10-22-13(11)3-9-21-16/h4,10,12H,1-3,5-9H2,(H,17,19). The highest BCUT2D eigenvalue weighted by Crippen LogP contribution is 2.43. The lowest BCUT2D eigenvalue weighted by Crippen LogP contribution is -2.52. The average molecular weight is 320 g/mol. The first-order chi connectivity index (χ1) is 10.7. The molecular formula is C16H20N2O3S. The van der Waals surface area contributed by atoms with Crippen molar-refractivity contribution < 1.29 is 14.3 Å².